The maximum absolute atomic E-state index is 5.93. The van der Waals surface area contributed by atoms with Crippen LogP contribution in [0.4, 0.5) is 5.69 Å². The van der Waals surface area contributed by atoms with Crippen molar-refractivity contribution >= 4 is 22.4 Å². The van der Waals surface area contributed by atoms with E-state index in [2.05, 4.69) is 69.4 Å². The fourth-order valence-corrected chi connectivity index (χ4v) is 5.02. The minimum Gasteiger partial charge on any atom is -0.492 e. The van der Waals surface area contributed by atoms with Gasteiger partial charge in [0.05, 0.1) is 22.4 Å². The van der Waals surface area contributed by atoms with E-state index in [1.807, 2.05) is 58.5 Å². The van der Waals surface area contributed by atoms with Gasteiger partial charge in [-0.2, -0.15) is 0 Å². The number of aromatic amines is 1. The Balaban J connectivity index is 1.18. The van der Waals surface area contributed by atoms with Crippen LogP contribution in [0.15, 0.2) is 89.9 Å². The number of fused-ring (bicyclic) bond motifs is 2. The number of aliphatic imine (C=N–C) groups is 1. The summed E-state index contributed by atoms with van der Waals surface area (Å²) in [4.78, 5) is 17.6. The molecule has 2 heterocycles. The number of ether oxygens (including phenoxy) is 2. The molecule has 7 nitrogen and oxygen atoms in total. The molecule has 214 valence electrons. The third-order valence-electron chi connectivity index (χ3n) is 7.42. The lowest BCUT2D eigenvalue weighted by Gasteiger charge is -2.11. The van der Waals surface area contributed by atoms with Crippen LogP contribution < -0.4 is 9.47 Å². The normalized spacial score (nSPS) is 12.7. The number of likely N-dealkylation sites (N-methyl/N-ethyl adjacent to an activating group) is 2. The van der Waals surface area contributed by atoms with Gasteiger partial charge in [-0.05, 0) is 105 Å². The minimum absolute atomic E-state index is 0.644. The molecule has 0 fully saturated rings. The van der Waals surface area contributed by atoms with Crippen LogP contribution in [0.5, 0.6) is 11.5 Å². The molecule has 1 aliphatic heterocycles. The summed E-state index contributed by atoms with van der Waals surface area (Å²) < 4.78 is 11.8. The summed E-state index contributed by atoms with van der Waals surface area (Å²) >= 11 is 0. The molecule has 42 heavy (non-hydrogen) atoms. The quantitative estimate of drug-likeness (QED) is 0.201. The largest absolute Gasteiger partial charge is 0.492 e. The molecule has 1 N–H and O–H groups in total. The predicted molar refractivity (Wildman–Crippen MR) is 171 cm³/mol. The SMILES string of the molecule is CN(C)CCOc1ccc(C2=Nc3cc(-c4ccc5nc(-c6cccc(OCCN(C)C)c6)[nH]c5c4)ccc3C2)cc1. The van der Waals surface area contributed by atoms with Gasteiger partial charge >= 0.3 is 0 Å². The van der Waals surface area contributed by atoms with Gasteiger partial charge in [-0.25, -0.2) is 4.98 Å². The standard InChI is InChI=1S/C35H37N5O2/c1-39(2)16-18-41-29-13-10-24(11-14-29)32-23-27-9-8-25(21-33(27)36-32)26-12-15-31-34(22-26)38-35(37-31)28-6-5-7-30(20-28)42-19-17-40(3)4/h5-15,20-22H,16-19,23H2,1-4H3,(H,37,38). The zero-order chi connectivity index (χ0) is 29.1. The lowest BCUT2D eigenvalue weighted by atomic mass is 10.00. The number of hydrogen-bond donors (Lipinski definition) is 1. The van der Waals surface area contributed by atoms with E-state index in [0.717, 1.165) is 81.5 Å². The van der Waals surface area contributed by atoms with E-state index < -0.39 is 0 Å². The Morgan fingerprint density at radius 3 is 2.14 bits per heavy atom. The first kappa shape index (κ1) is 27.7. The van der Waals surface area contributed by atoms with Crippen LogP contribution in [0.1, 0.15) is 11.1 Å². The second-order valence-electron chi connectivity index (χ2n) is 11.3. The predicted octanol–water partition coefficient (Wildman–Crippen LogP) is 6.45. The van der Waals surface area contributed by atoms with E-state index in [4.69, 9.17) is 19.5 Å². The molecule has 0 amide bonds. The van der Waals surface area contributed by atoms with Crippen LogP contribution in [-0.2, 0) is 6.42 Å². The van der Waals surface area contributed by atoms with E-state index in [1.165, 1.54) is 5.56 Å². The maximum atomic E-state index is 5.93. The second kappa shape index (κ2) is 12.2. The Hall–Kier alpha value is -4.46. The molecule has 0 spiro atoms. The fraction of sp³-hybridized carbons (Fsp3) is 0.257. The zero-order valence-electron chi connectivity index (χ0n) is 24.7. The van der Waals surface area contributed by atoms with Gasteiger partial charge in [0.1, 0.15) is 30.5 Å². The third kappa shape index (κ3) is 6.38. The van der Waals surface area contributed by atoms with Gasteiger partial charge in [-0.15, -0.1) is 0 Å². The van der Waals surface area contributed by atoms with Crippen LogP contribution in [-0.4, -0.2) is 80.0 Å². The average molecular weight is 560 g/mol. The summed E-state index contributed by atoms with van der Waals surface area (Å²) in [6.07, 6.45) is 0.831. The number of imidazole rings is 1. The lowest BCUT2D eigenvalue weighted by molar-refractivity contribution is 0.261. The highest BCUT2D eigenvalue weighted by molar-refractivity contribution is 6.07. The Bertz CT molecular complexity index is 1720. The maximum Gasteiger partial charge on any atom is 0.138 e. The van der Waals surface area contributed by atoms with Gasteiger partial charge in [0.15, 0.2) is 0 Å². The van der Waals surface area contributed by atoms with Crippen molar-refractivity contribution in [3.05, 3.63) is 96.1 Å². The summed E-state index contributed by atoms with van der Waals surface area (Å²) in [5.74, 6) is 2.56. The van der Waals surface area contributed by atoms with Crippen LogP contribution in [0, 0.1) is 0 Å². The van der Waals surface area contributed by atoms with Crippen LogP contribution in [0.3, 0.4) is 0 Å². The van der Waals surface area contributed by atoms with Crippen molar-refractivity contribution in [2.24, 2.45) is 4.99 Å². The molecule has 6 rings (SSSR count). The number of nitrogens with zero attached hydrogens (tertiary/aromatic N) is 4. The molecule has 4 aromatic carbocycles. The minimum atomic E-state index is 0.644. The van der Waals surface area contributed by atoms with Gasteiger partial charge < -0.3 is 24.3 Å². The highest BCUT2D eigenvalue weighted by Crippen LogP contribution is 2.35. The highest BCUT2D eigenvalue weighted by atomic mass is 16.5. The van der Waals surface area contributed by atoms with Gasteiger partial charge in [-0.3, -0.25) is 4.99 Å². The van der Waals surface area contributed by atoms with E-state index in [9.17, 15) is 0 Å². The van der Waals surface area contributed by atoms with Crippen molar-refractivity contribution in [3.63, 3.8) is 0 Å². The lowest BCUT2D eigenvalue weighted by Crippen LogP contribution is -2.19. The summed E-state index contributed by atoms with van der Waals surface area (Å²) in [5, 5.41) is 0. The Morgan fingerprint density at radius 2 is 1.38 bits per heavy atom. The summed E-state index contributed by atoms with van der Waals surface area (Å²) in [5.41, 5.74) is 9.70. The molecular weight excluding hydrogens is 522 g/mol. The number of hydrogen-bond acceptors (Lipinski definition) is 6. The third-order valence-corrected chi connectivity index (χ3v) is 7.42. The fourth-order valence-electron chi connectivity index (χ4n) is 5.02. The molecular formula is C35H37N5O2. The summed E-state index contributed by atoms with van der Waals surface area (Å²) in [6, 6.07) is 29.3. The van der Waals surface area contributed by atoms with Crippen molar-refractivity contribution in [1.29, 1.82) is 0 Å². The first-order chi connectivity index (χ1) is 20.4. The van der Waals surface area contributed by atoms with Gasteiger partial charge in [-0.1, -0.05) is 30.3 Å². The molecule has 0 saturated carbocycles. The zero-order valence-corrected chi connectivity index (χ0v) is 24.7. The van der Waals surface area contributed by atoms with Crippen molar-refractivity contribution in [3.8, 4) is 34.0 Å². The topological polar surface area (TPSA) is 66.0 Å². The Labute approximate surface area is 247 Å². The van der Waals surface area contributed by atoms with Gasteiger partial charge in [0.2, 0.25) is 0 Å². The molecule has 0 unspecified atom stereocenters. The smallest absolute Gasteiger partial charge is 0.138 e. The van der Waals surface area contributed by atoms with Crippen LogP contribution in [0.2, 0.25) is 0 Å². The number of benzene rings is 4. The summed E-state index contributed by atoms with van der Waals surface area (Å²) in [6.45, 7) is 3.08. The van der Waals surface area contributed by atoms with Gasteiger partial charge in [0, 0.05) is 25.1 Å². The monoisotopic (exact) mass is 559 g/mol. The number of nitrogens with one attached hydrogen (secondary N) is 1. The molecule has 0 radical (unpaired) electrons. The van der Waals surface area contributed by atoms with Crippen LogP contribution in [0.25, 0.3) is 33.5 Å². The second-order valence-corrected chi connectivity index (χ2v) is 11.3. The van der Waals surface area contributed by atoms with Crippen molar-refractivity contribution in [2.45, 2.75) is 6.42 Å². The number of H-pyrrole nitrogens is 1. The van der Waals surface area contributed by atoms with Gasteiger partial charge in [0.25, 0.3) is 0 Å². The average Bonchev–Trinajstić information content (AvgIpc) is 3.61. The first-order valence-electron chi connectivity index (χ1n) is 14.4. The molecule has 1 aromatic heterocycles. The molecule has 0 bridgehead atoms. The van der Waals surface area contributed by atoms with Crippen molar-refractivity contribution in [1.82, 2.24) is 19.8 Å². The number of aromatic nitrogens is 2. The molecule has 7 heteroatoms. The number of rotatable bonds is 11. The van der Waals surface area contributed by atoms with E-state index in [-0.39, 0.29) is 0 Å². The van der Waals surface area contributed by atoms with Crippen molar-refractivity contribution < 1.29 is 9.47 Å². The van der Waals surface area contributed by atoms with E-state index in [1.54, 1.807) is 0 Å². The van der Waals surface area contributed by atoms with Crippen LogP contribution >= 0.6 is 0 Å². The van der Waals surface area contributed by atoms with E-state index >= 15 is 0 Å². The molecule has 0 saturated heterocycles. The molecule has 0 aliphatic carbocycles. The molecule has 5 aromatic rings. The molecule has 1 aliphatic rings. The highest BCUT2D eigenvalue weighted by Gasteiger charge is 2.17. The molecule has 0 atom stereocenters. The van der Waals surface area contributed by atoms with Crippen molar-refractivity contribution in [2.75, 3.05) is 54.5 Å². The summed E-state index contributed by atoms with van der Waals surface area (Å²) in [7, 11) is 8.18. The Kier molecular flexibility index (Phi) is 8.04. The first-order valence-corrected chi connectivity index (χ1v) is 14.4. The Morgan fingerprint density at radius 1 is 0.690 bits per heavy atom. The van der Waals surface area contributed by atoms with E-state index in [0.29, 0.717) is 13.2 Å².